The fourth-order valence-corrected chi connectivity index (χ4v) is 2.94. The minimum absolute atomic E-state index is 0.149. The number of nitrogens with one attached hydrogen (secondary N) is 2. The van der Waals surface area contributed by atoms with Crippen molar-refractivity contribution in [3.05, 3.63) is 51.2 Å². The van der Waals surface area contributed by atoms with Crippen molar-refractivity contribution in [3.63, 3.8) is 0 Å². The van der Waals surface area contributed by atoms with Gasteiger partial charge in [-0.15, -0.1) is 11.3 Å². The predicted octanol–water partition coefficient (Wildman–Crippen LogP) is 2.63. The number of hydrogen-bond acceptors (Lipinski definition) is 5. The molecule has 0 spiro atoms. The summed E-state index contributed by atoms with van der Waals surface area (Å²) in [5.74, 6) is -5.42. The Hall–Kier alpha value is -2.81. The smallest absolute Gasteiger partial charge is 0.340 e. The van der Waals surface area contributed by atoms with E-state index in [0.29, 0.717) is 6.07 Å². The number of ether oxygens (including phenoxy) is 1. The predicted molar refractivity (Wildman–Crippen MR) is 91.9 cm³/mol. The van der Waals surface area contributed by atoms with Gasteiger partial charge in [0.25, 0.3) is 0 Å². The molecule has 0 bridgehead atoms. The van der Waals surface area contributed by atoms with E-state index in [2.05, 4.69) is 10.1 Å². The average molecular weight is 382 g/mol. The van der Waals surface area contributed by atoms with Crippen molar-refractivity contribution in [1.82, 2.24) is 5.32 Å². The van der Waals surface area contributed by atoms with Crippen molar-refractivity contribution in [2.75, 3.05) is 12.4 Å². The van der Waals surface area contributed by atoms with Crippen LogP contribution in [-0.4, -0.2) is 24.9 Å². The zero-order valence-corrected chi connectivity index (χ0v) is 14.8. The lowest BCUT2D eigenvalue weighted by atomic mass is 10.1. The lowest BCUT2D eigenvalue weighted by Crippen LogP contribution is -2.35. The van der Waals surface area contributed by atoms with Crippen molar-refractivity contribution in [2.45, 2.75) is 19.9 Å². The van der Waals surface area contributed by atoms with Crippen molar-refractivity contribution < 1.29 is 27.9 Å². The molecule has 0 radical (unpaired) electrons. The summed E-state index contributed by atoms with van der Waals surface area (Å²) >= 11 is 1.50. The number of hydrogen-bond donors (Lipinski definition) is 2. The molecule has 2 N–H and O–H groups in total. The van der Waals surface area contributed by atoms with E-state index in [1.165, 1.54) is 11.3 Å². The van der Waals surface area contributed by atoms with Crippen LogP contribution in [0.1, 0.15) is 27.0 Å². The molecule has 6 nitrogen and oxygen atoms in total. The van der Waals surface area contributed by atoms with Gasteiger partial charge in [-0.2, -0.15) is 0 Å². The molecule has 0 aliphatic rings. The molecule has 138 valence electrons. The molecule has 2 aromatic rings. The average Bonchev–Trinajstić information content (AvgIpc) is 3.09. The molecule has 0 aliphatic carbocycles. The number of benzene rings is 1. The zero-order valence-electron chi connectivity index (χ0n) is 14.0. The Labute approximate surface area is 152 Å². The van der Waals surface area contributed by atoms with Crippen molar-refractivity contribution in [3.8, 4) is 0 Å². The van der Waals surface area contributed by atoms with Crippen LogP contribution >= 0.6 is 11.3 Å². The second-order valence-electron chi connectivity index (χ2n) is 5.16. The molecule has 26 heavy (non-hydrogen) atoms. The molecular formula is C17H16F2N2O4S. The highest BCUT2D eigenvalue weighted by atomic mass is 32.1. The highest BCUT2D eigenvalue weighted by Crippen LogP contribution is 2.20. The van der Waals surface area contributed by atoms with Gasteiger partial charge < -0.3 is 15.4 Å². The van der Waals surface area contributed by atoms with Gasteiger partial charge in [0.05, 0.1) is 24.9 Å². The molecule has 9 heteroatoms. The van der Waals surface area contributed by atoms with E-state index >= 15 is 0 Å². The third kappa shape index (κ3) is 4.63. The summed E-state index contributed by atoms with van der Waals surface area (Å²) in [5, 5.41) is 4.42. The van der Waals surface area contributed by atoms with Crippen LogP contribution in [-0.2, 0) is 27.3 Å². The van der Waals surface area contributed by atoms with Crippen LogP contribution in [0.4, 0.5) is 14.5 Å². The van der Waals surface area contributed by atoms with E-state index in [9.17, 15) is 23.2 Å². The molecule has 2 rings (SSSR count). The van der Waals surface area contributed by atoms with Gasteiger partial charge in [0.15, 0.2) is 0 Å². The number of amides is 2. The number of methoxy groups -OCH3 is 1. The van der Waals surface area contributed by atoms with Crippen LogP contribution < -0.4 is 10.6 Å². The summed E-state index contributed by atoms with van der Waals surface area (Å²) in [6.45, 7) is 2.15. The lowest BCUT2D eigenvalue weighted by molar-refractivity contribution is -0.136. The van der Waals surface area contributed by atoms with Crippen molar-refractivity contribution in [1.29, 1.82) is 0 Å². The van der Waals surface area contributed by atoms with Crippen molar-refractivity contribution >= 4 is 34.8 Å². The van der Waals surface area contributed by atoms with E-state index in [0.717, 1.165) is 29.4 Å². The van der Waals surface area contributed by atoms with Gasteiger partial charge in [0.1, 0.15) is 11.6 Å². The molecule has 1 aromatic carbocycles. The number of thiophene rings is 1. The Morgan fingerprint density at radius 2 is 1.77 bits per heavy atom. The molecule has 0 atom stereocenters. The Morgan fingerprint density at radius 3 is 2.38 bits per heavy atom. The minimum Gasteiger partial charge on any atom is -0.465 e. The first kappa shape index (κ1) is 19.5. The highest BCUT2D eigenvalue weighted by Gasteiger charge is 2.20. The number of anilines is 1. The Kier molecular flexibility index (Phi) is 6.40. The SMILES string of the molecule is CCc1ccc(CNC(=O)C(=O)Nc2cc(C(=O)OC)c(F)cc2F)s1. The van der Waals surface area contributed by atoms with Crippen LogP contribution in [0.25, 0.3) is 0 Å². The molecule has 0 fully saturated rings. The summed E-state index contributed by atoms with van der Waals surface area (Å²) in [6.07, 6.45) is 0.867. The zero-order chi connectivity index (χ0) is 19.3. The first-order chi connectivity index (χ1) is 12.3. The molecule has 2 amide bonds. The van der Waals surface area contributed by atoms with Crippen molar-refractivity contribution in [2.24, 2.45) is 0 Å². The molecule has 1 aromatic heterocycles. The van der Waals surface area contributed by atoms with E-state index in [1.54, 1.807) is 0 Å². The number of esters is 1. The van der Waals surface area contributed by atoms with Crippen LogP contribution in [0.15, 0.2) is 24.3 Å². The number of carbonyl (C=O) groups is 3. The third-order valence-corrected chi connectivity index (χ3v) is 4.63. The maximum absolute atomic E-state index is 13.8. The first-order valence-electron chi connectivity index (χ1n) is 7.59. The Morgan fingerprint density at radius 1 is 1.08 bits per heavy atom. The lowest BCUT2D eigenvalue weighted by Gasteiger charge is -2.09. The maximum Gasteiger partial charge on any atom is 0.340 e. The highest BCUT2D eigenvalue weighted by molar-refractivity contribution is 7.11. The number of carbonyl (C=O) groups excluding carboxylic acids is 3. The van der Waals surface area contributed by atoms with Gasteiger partial charge in [-0.05, 0) is 24.6 Å². The summed E-state index contributed by atoms with van der Waals surface area (Å²) in [6, 6.07) is 4.96. The minimum atomic E-state index is -1.14. The largest absolute Gasteiger partial charge is 0.465 e. The Balaban J connectivity index is 2.04. The monoisotopic (exact) mass is 382 g/mol. The third-order valence-electron chi connectivity index (χ3n) is 3.41. The summed E-state index contributed by atoms with van der Waals surface area (Å²) in [4.78, 5) is 37.2. The van der Waals surface area contributed by atoms with Crippen LogP contribution in [0, 0.1) is 11.6 Å². The van der Waals surface area contributed by atoms with Gasteiger partial charge in [0, 0.05) is 15.8 Å². The fourth-order valence-electron chi connectivity index (χ4n) is 2.05. The Bertz CT molecular complexity index is 851. The summed E-state index contributed by atoms with van der Waals surface area (Å²) in [7, 11) is 1.03. The van der Waals surface area contributed by atoms with Crippen LogP contribution in [0.2, 0.25) is 0 Å². The van der Waals surface area contributed by atoms with Crippen LogP contribution in [0.5, 0.6) is 0 Å². The van der Waals surface area contributed by atoms with E-state index in [-0.39, 0.29) is 6.54 Å². The number of halogens is 2. The number of aryl methyl sites for hydroxylation is 1. The van der Waals surface area contributed by atoms with Gasteiger partial charge in [0.2, 0.25) is 0 Å². The molecular weight excluding hydrogens is 366 g/mol. The van der Waals surface area contributed by atoms with E-state index in [1.807, 2.05) is 24.4 Å². The fraction of sp³-hybridized carbons (Fsp3) is 0.235. The van der Waals surface area contributed by atoms with Gasteiger partial charge >= 0.3 is 17.8 Å². The van der Waals surface area contributed by atoms with Gasteiger partial charge in [-0.3, -0.25) is 9.59 Å². The standard InChI is InChI=1S/C17H16F2N2O4S/c1-3-9-4-5-10(26-9)8-20-15(22)16(23)21-14-6-11(17(24)25-2)12(18)7-13(14)19/h4-7H,3,8H2,1-2H3,(H,20,22)(H,21,23). The second kappa shape index (κ2) is 8.52. The molecule has 0 saturated heterocycles. The van der Waals surface area contributed by atoms with Gasteiger partial charge in [-0.25, -0.2) is 13.6 Å². The molecule has 0 saturated carbocycles. The molecule has 0 unspecified atom stereocenters. The summed E-state index contributed by atoms with van der Waals surface area (Å²) < 4.78 is 31.7. The van der Waals surface area contributed by atoms with E-state index < -0.39 is 40.7 Å². The second-order valence-corrected chi connectivity index (χ2v) is 6.41. The van der Waals surface area contributed by atoms with Gasteiger partial charge in [-0.1, -0.05) is 6.92 Å². The first-order valence-corrected chi connectivity index (χ1v) is 8.41. The number of rotatable bonds is 5. The topological polar surface area (TPSA) is 84.5 Å². The van der Waals surface area contributed by atoms with E-state index in [4.69, 9.17) is 0 Å². The maximum atomic E-state index is 13.8. The molecule has 0 aliphatic heterocycles. The van der Waals surface area contributed by atoms with Crippen LogP contribution in [0.3, 0.4) is 0 Å². The normalized spacial score (nSPS) is 10.3. The summed E-state index contributed by atoms with van der Waals surface area (Å²) in [5.41, 5.74) is -1.06. The molecule has 1 heterocycles. The quantitative estimate of drug-likeness (QED) is 0.615.